The van der Waals surface area contributed by atoms with Crippen molar-refractivity contribution in [3.05, 3.63) is 47.4 Å². The number of fused-ring (bicyclic) bond motifs is 1. The van der Waals surface area contributed by atoms with E-state index in [-0.39, 0.29) is 6.10 Å². The highest BCUT2D eigenvalue weighted by Crippen LogP contribution is 2.35. The van der Waals surface area contributed by atoms with Crippen LogP contribution < -0.4 is 20.1 Å². The second-order valence-corrected chi connectivity index (χ2v) is 6.16. The molecule has 2 N–H and O–H groups in total. The Morgan fingerprint density at radius 3 is 2.92 bits per heavy atom. The van der Waals surface area contributed by atoms with E-state index in [0.717, 1.165) is 29.2 Å². The molecule has 0 aliphatic carbocycles. The van der Waals surface area contributed by atoms with Crippen LogP contribution in [0.3, 0.4) is 0 Å². The first-order valence-electron chi connectivity index (χ1n) is 8.15. The maximum atomic E-state index is 5.84. The lowest BCUT2D eigenvalue weighted by molar-refractivity contribution is 0.254. The van der Waals surface area contributed by atoms with Crippen molar-refractivity contribution >= 4 is 17.3 Å². The zero-order chi connectivity index (χ0) is 16.9. The molecule has 0 fully saturated rings. The van der Waals surface area contributed by atoms with E-state index in [4.69, 9.17) is 26.1 Å². The van der Waals surface area contributed by atoms with Gasteiger partial charge in [0.15, 0.2) is 5.11 Å². The van der Waals surface area contributed by atoms with Crippen molar-refractivity contribution < 1.29 is 13.9 Å². The van der Waals surface area contributed by atoms with Crippen molar-refractivity contribution in [1.29, 1.82) is 0 Å². The third kappa shape index (κ3) is 4.00. The van der Waals surface area contributed by atoms with Gasteiger partial charge in [-0.2, -0.15) is 0 Å². The third-order valence-corrected chi connectivity index (χ3v) is 4.11. The SMILES string of the molecule is CCOc1cc2c(cc1CNC(=S)NCc1ccco1)O[C@H](C)C2. The molecular weight excluding hydrogens is 324 g/mol. The molecule has 0 spiro atoms. The molecule has 2 heterocycles. The lowest BCUT2D eigenvalue weighted by atomic mass is 10.1. The summed E-state index contributed by atoms with van der Waals surface area (Å²) in [5, 5.41) is 6.90. The molecule has 1 aromatic carbocycles. The molecule has 0 unspecified atom stereocenters. The maximum absolute atomic E-state index is 5.84. The van der Waals surface area contributed by atoms with E-state index in [2.05, 4.69) is 23.6 Å². The average Bonchev–Trinajstić information content (AvgIpc) is 3.19. The molecule has 0 bridgehead atoms. The summed E-state index contributed by atoms with van der Waals surface area (Å²) >= 11 is 5.32. The zero-order valence-electron chi connectivity index (χ0n) is 13.9. The Bertz CT molecular complexity index is 701. The van der Waals surface area contributed by atoms with Crippen molar-refractivity contribution in [2.75, 3.05) is 6.61 Å². The highest BCUT2D eigenvalue weighted by molar-refractivity contribution is 7.80. The zero-order valence-corrected chi connectivity index (χ0v) is 14.7. The highest BCUT2D eigenvalue weighted by atomic mass is 32.1. The third-order valence-electron chi connectivity index (χ3n) is 3.82. The van der Waals surface area contributed by atoms with Crippen LogP contribution in [0.1, 0.15) is 30.7 Å². The standard InChI is InChI=1S/C18H22N2O3S/c1-3-21-16-8-13-7-12(2)23-17(13)9-14(16)10-19-18(24)20-11-15-5-4-6-22-15/h4-6,8-9,12H,3,7,10-11H2,1-2H3,(H2,19,20,24)/t12-/m1/s1. The van der Waals surface area contributed by atoms with Crippen LogP contribution in [0.2, 0.25) is 0 Å². The fourth-order valence-electron chi connectivity index (χ4n) is 2.73. The van der Waals surface area contributed by atoms with Gasteiger partial charge in [0.1, 0.15) is 23.4 Å². The normalized spacial score (nSPS) is 15.5. The minimum absolute atomic E-state index is 0.216. The summed E-state index contributed by atoms with van der Waals surface area (Å²) in [5.41, 5.74) is 2.24. The fraction of sp³-hybridized carbons (Fsp3) is 0.389. The Kier molecular flexibility index (Phi) is 5.25. The van der Waals surface area contributed by atoms with E-state index in [0.29, 0.717) is 24.8 Å². The number of benzene rings is 1. The van der Waals surface area contributed by atoms with Crippen molar-refractivity contribution in [3.8, 4) is 11.5 Å². The van der Waals surface area contributed by atoms with Crippen molar-refractivity contribution in [3.63, 3.8) is 0 Å². The number of rotatable bonds is 6. The molecule has 5 nitrogen and oxygen atoms in total. The Labute approximate surface area is 147 Å². The van der Waals surface area contributed by atoms with Gasteiger partial charge in [-0.25, -0.2) is 0 Å². The summed E-state index contributed by atoms with van der Waals surface area (Å²) in [7, 11) is 0. The second kappa shape index (κ2) is 7.57. The van der Waals surface area contributed by atoms with Gasteiger partial charge in [-0.3, -0.25) is 0 Å². The quantitative estimate of drug-likeness (QED) is 0.784. The fourth-order valence-corrected chi connectivity index (χ4v) is 2.87. The Morgan fingerprint density at radius 1 is 1.33 bits per heavy atom. The van der Waals surface area contributed by atoms with Gasteiger partial charge in [0.05, 0.1) is 19.4 Å². The van der Waals surface area contributed by atoms with E-state index in [1.807, 2.05) is 25.1 Å². The minimum atomic E-state index is 0.216. The minimum Gasteiger partial charge on any atom is -0.494 e. The van der Waals surface area contributed by atoms with Gasteiger partial charge in [0.25, 0.3) is 0 Å². The topological polar surface area (TPSA) is 55.7 Å². The molecule has 0 saturated heterocycles. The first-order valence-corrected chi connectivity index (χ1v) is 8.56. The summed E-state index contributed by atoms with van der Waals surface area (Å²) in [5.74, 6) is 2.67. The smallest absolute Gasteiger partial charge is 0.166 e. The first-order chi connectivity index (χ1) is 11.7. The van der Waals surface area contributed by atoms with Gasteiger partial charge in [-0.15, -0.1) is 0 Å². The molecule has 1 atom stereocenters. The van der Waals surface area contributed by atoms with Crippen LogP contribution in [0.25, 0.3) is 0 Å². The summed E-state index contributed by atoms with van der Waals surface area (Å²) in [6.07, 6.45) is 2.79. The Balaban J connectivity index is 1.61. The molecule has 6 heteroatoms. The summed E-state index contributed by atoms with van der Waals surface area (Å²) in [4.78, 5) is 0. The lowest BCUT2D eigenvalue weighted by Gasteiger charge is -2.14. The molecule has 1 aliphatic rings. The maximum Gasteiger partial charge on any atom is 0.166 e. The van der Waals surface area contributed by atoms with Crippen molar-refractivity contribution in [2.45, 2.75) is 39.5 Å². The van der Waals surface area contributed by atoms with Crippen LogP contribution in [0.15, 0.2) is 34.9 Å². The molecule has 3 rings (SSSR count). The van der Waals surface area contributed by atoms with Gasteiger partial charge in [-0.1, -0.05) is 0 Å². The lowest BCUT2D eigenvalue weighted by Crippen LogP contribution is -2.34. The molecule has 128 valence electrons. The molecule has 0 amide bonds. The number of hydrogen-bond acceptors (Lipinski definition) is 4. The largest absolute Gasteiger partial charge is 0.494 e. The summed E-state index contributed by atoms with van der Waals surface area (Å²) in [6.45, 7) is 5.82. The van der Waals surface area contributed by atoms with Gasteiger partial charge in [0.2, 0.25) is 0 Å². The number of ether oxygens (including phenoxy) is 2. The molecule has 2 aromatic rings. The second-order valence-electron chi connectivity index (χ2n) is 5.75. The van der Waals surface area contributed by atoms with Gasteiger partial charge >= 0.3 is 0 Å². The van der Waals surface area contributed by atoms with Crippen LogP contribution in [0.4, 0.5) is 0 Å². The van der Waals surface area contributed by atoms with Crippen LogP contribution in [0, 0.1) is 0 Å². The first kappa shape index (κ1) is 16.6. The molecule has 0 saturated carbocycles. The van der Waals surface area contributed by atoms with Crippen LogP contribution in [0.5, 0.6) is 11.5 Å². The van der Waals surface area contributed by atoms with Gasteiger partial charge in [-0.05, 0) is 50.3 Å². The molecule has 1 aromatic heterocycles. The van der Waals surface area contributed by atoms with Crippen LogP contribution in [-0.4, -0.2) is 17.8 Å². The van der Waals surface area contributed by atoms with E-state index in [1.54, 1.807) is 6.26 Å². The molecule has 0 radical (unpaired) electrons. The Morgan fingerprint density at radius 2 is 2.17 bits per heavy atom. The number of hydrogen-bond donors (Lipinski definition) is 2. The summed E-state index contributed by atoms with van der Waals surface area (Å²) < 4.78 is 16.9. The van der Waals surface area contributed by atoms with Crippen LogP contribution in [-0.2, 0) is 19.5 Å². The molecule has 24 heavy (non-hydrogen) atoms. The summed E-state index contributed by atoms with van der Waals surface area (Å²) in [6, 6.07) is 7.89. The predicted molar refractivity (Wildman–Crippen MR) is 96.4 cm³/mol. The van der Waals surface area contributed by atoms with Gasteiger partial charge in [0, 0.05) is 24.1 Å². The number of nitrogens with one attached hydrogen (secondary N) is 2. The Hall–Kier alpha value is -2.21. The van der Waals surface area contributed by atoms with E-state index >= 15 is 0 Å². The van der Waals surface area contributed by atoms with E-state index < -0.39 is 0 Å². The van der Waals surface area contributed by atoms with E-state index in [1.165, 1.54) is 5.56 Å². The highest BCUT2D eigenvalue weighted by Gasteiger charge is 2.21. The number of furan rings is 1. The molecule has 1 aliphatic heterocycles. The monoisotopic (exact) mass is 346 g/mol. The van der Waals surface area contributed by atoms with Gasteiger partial charge < -0.3 is 24.5 Å². The number of thiocarbonyl (C=S) groups is 1. The van der Waals surface area contributed by atoms with Crippen LogP contribution >= 0.6 is 12.2 Å². The van der Waals surface area contributed by atoms with Crippen molar-refractivity contribution in [2.24, 2.45) is 0 Å². The predicted octanol–water partition coefficient (Wildman–Crippen LogP) is 3.17. The van der Waals surface area contributed by atoms with E-state index in [9.17, 15) is 0 Å². The average molecular weight is 346 g/mol. The van der Waals surface area contributed by atoms with Crippen molar-refractivity contribution in [1.82, 2.24) is 10.6 Å². The molecular formula is C18H22N2O3S.